The molecule has 2 unspecified atom stereocenters. The number of aliphatic carboxylic acids is 1. The minimum atomic E-state index is -1.57. The van der Waals surface area contributed by atoms with Crippen LogP contribution in [0, 0.1) is 26.7 Å². The molecule has 2 aliphatic carbocycles. The molecule has 1 N–H and O–H groups in total. The van der Waals surface area contributed by atoms with Crippen molar-refractivity contribution in [1.29, 1.82) is 0 Å². The minimum Gasteiger partial charge on any atom is -0.477 e. The van der Waals surface area contributed by atoms with E-state index in [1.54, 1.807) is 0 Å². The quantitative estimate of drug-likeness (QED) is 0.269. The van der Waals surface area contributed by atoms with Gasteiger partial charge in [0.05, 0.1) is 6.10 Å². The monoisotopic (exact) mass is 694 g/mol. The summed E-state index contributed by atoms with van der Waals surface area (Å²) in [6.07, 6.45) is 0.0402. The molecule has 0 saturated carbocycles. The summed E-state index contributed by atoms with van der Waals surface area (Å²) in [7, 11) is 0. The lowest BCUT2D eigenvalue weighted by Gasteiger charge is -2.42. The Hall–Kier alpha value is -4.83. The first-order valence-corrected chi connectivity index (χ1v) is 17.7. The molecule has 9 rings (SSSR count). The van der Waals surface area contributed by atoms with Crippen LogP contribution in [0.4, 0.5) is 0 Å². The van der Waals surface area contributed by atoms with Crippen LogP contribution in [-0.2, 0) is 14.3 Å². The average molecular weight is 695 g/mol. The lowest BCUT2D eigenvalue weighted by Crippen LogP contribution is -2.43. The number of benzene rings is 3. The van der Waals surface area contributed by atoms with Crippen LogP contribution < -0.4 is 28.4 Å². The van der Waals surface area contributed by atoms with E-state index in [1.807, 2.05) is 27.7 Å². The Morgan fingerprint density at radius 3 is 1.53 bits per heavy atom. The Morgan fingerprint density at radius 1 is 0.608 bits per heavy atom. The van der Waals surface area contributed by atoms with E-state index in [4.69, 9.17) is 37.9 Å². The van der Waals surface area contributed by atoms with Gasteiger partial charge in [-0.1, -0.05) is 33.8 Å². The van der Waals surface area contributed by atoms with E-state index in [9.17, 15) is 9.90 Å². The first kappa shape index (κ1) is 32.1. The molecule has 266 valence electrons. The first-order valence-electron chi connectivity index (χ1n) is 17.7. The molecule has 10 heteroatoms. The van der Waals surface area contributed by atoms with E-state index in [0.717, 1.165) is 78.7 Å². The van der Waals surface area contributed by atoms with Gasteiger partial charge in [0.25, 0.3) is 6.29 Å². The van der Waals surface area contributed by atoms with Gasteiger partial charge >= 0.3 is 5.97 Å². The molecule has 7 atom stereocenters. The summed E-state index contributed by atoms with van der Waals surface area (Å²) in [6, 6.07) is 6.60. The van der Waals surface area contributed by atoms with E-state index in [2.05, 4.69) is 52.0 Å². The Morgan fingerprint density at radius 2 is 1.04 bits per heavy atom. The molecule has 6 aliphatic rings. The molecule has 8 bridgehead atoms. The zero-order chi connectivity index (χ0) is 35.6. The molecule has 4 heterocycles. The van der Waals surface area contributed by atoms with Gasteiger partial charge in [-0.15, -0.1) is 0 Å². The minimum absolute atomic E-state index is 0.0216. The SMILES string of the molecule is CC1=C2OCOc3c4cc5c(c3C)OCOc3c(cc6c(c3C)OCOc3c(cc7c(c3C)O[C@H](C(=O)O)OC1C(C=C2[C@H]4C)[C@@H]7C)[C@@H]6C)[C@@H]5C. The topological polar surface area (TPSA) is 111 Å². The van der Waals surface area contributed by atoms with Crippen LogP contribution in [0.25, 0.3) is 0 Å². The Balaban J connectivity index is 1.41. The van der Waals surface area contributed by atoms with Crippen molar-refractivity contribution in [3.8, 4) is 34.5 Å². The van der Waals surface area contributed by atoms with Crippen LogP contribution in [-0.4, -0.2) is 43.8 Å². The predicted octanol–water partition coefficient (Wildman–Crippen LogP) is 7.98. The summed E-state index contributed by atoms with van der Waals surface area (Å²) < 4.78 is 51.2. The fourth-order valence-electron chi connectivity index (χ4n) is 9.25. The van der Waals surface area contributed by atoms with E-state index >= 15 is 0 Å². The fraction of sp³-hybridized carbons (Fsp3) is 0.439. The van der Waals surface area contributed by atoms with E-state index in [-0.39, 0.29) is 50.0 Å². The zero-order valence-corrected chi connectivity index (χ0v) is 30.1. The highest BCUT2D eigenvalue weighted by atomic mass is 16.7. The van der Waals surface area contributed by atoms with Gasteiger partial charge in [0.15, 0.2) is 0 Å². The predicted molar refractivity (Wildman–Crippen MR) is 185 cm³/mol. The maximum Gasteiger partial charge on any atom is 0.373 e. The van der Waals surface area contributed by atoms with Crippen LogP contribution in [0.1, 0.15) is 108 Å². The maximum atomic E-state index is 12.8. The van der Waals surface area contributed by atoms with Gasteiger partial charge in [0, 0.05) is 68.2 Å². The van der Waals surface area contributed by atoms with E-state index in [0.29, 0.717) is 22.8 Å². The van der Waals surface area contributed by atoms with Crippen molar-refractivity contribution < 1.29 is 47.8 Å². The summed E-state index contributed by atoms with van der Waals surface area (Å²) in [5.41, 5.74) is 10.3. The van der Waals surface area contributed by atoms with Gasteiger partial charge < -0.3 is 43.0 Å². The average Bonchev–Trinajstić information content (AvgIpc) is 3.08. The summed E-state index contributed by atoms with van der Waals surface area (Å²) in [4.78, 5) is 12.8. The molecule has 10 nitrogen and oxygen atoms in total. The second-order valence-electron chi connectivity index (χ2n) is 14.7. The molecule has 0 spiro atoms. The van der Waals surface area contributed by atoms with Crippen molar-refractivity contribution in [3.05, 3.63) is 91.3 Å². The number of carboxylic acids is 1. The first-order chi connectivity index (χ1) is 24.5. The van der Waals surface area contributed by atoms with Crippen molar-refractivity contribution in [3.63, 3.8) is 0 Å². The molecule has 4 aliphatic heterocycles. The molecule has 0 amide bonds. The van der Waals surface area contributed by atoms with Crippen LogP contribution in [0.3, 0.4) is 0 Å². The largest absolute Gasteiger partial charge is 0.477 e. The van der Waals surface area contributed by atoms with E-state index in [1.165, 1.54) is 0 Å². The molecule has 51 heavy (non-hydrogen) atoms. The molecule has 3 aromatic rings. The number of rotatable bonds is 1. The number of carboxylic acid groups (broad SMARTS) is 1. The summed E-state index contributed by atoms with van der Waals surface area (Å²) in [6.45, 7) is 16.6. The van der Waals surface area contributed by atoms with Crippen molar-refractivity contribution >= 4 is 5.97 Å². The number of hydrogen-bond acceptors (Lipinski definition) is 9. The number of allylic oxidation sites excluding steroid dienone is 1. The highest BCUT2D eigenvalue weighted by Gasteiger charge is 2.45. The van der Waals surface area contributed by atoms with Crippen LogP contribution in [0.15, 0.2) is 41.2 Å². The van der Waals surface area contributed by atoms with Gasteiger partial charge in [-0.25, -0.2) is 4.79 Å². The Kier molecular flexibility index (Phi) is 7.14. The lowest BCUT2D eigenvalue weighted by atomic mass is 9.72. The second kappa shape index (κ2) is 11.3. The maximum absolute atomic E-state index is 12.8. The van der Waals surface area contributed by atoms with Gasteiger partial charge in [0.2, 0.25) is 20.4 Å². The van der Waals surface area contributed by atoms with Crippen LogP contribution in [0.5, 0.6) is 34.5 Å². The molecule has 0 saturated heterocycles. The summed E-state index contributed by atoms with van der Waals surface area (Å²) >= 11 is 0. The number of hydrogen-bond donors (Lipinski definition) is 1. The third-order valence-electron chi connectivity index (χ3n) is 12.1. The molecular formula is C41H42O10. The van der Waals surface area contributed by atoms with Crippen molar-refractivity contribution in [2.45, 2.75) is 91.5 Å². The molecule has 3 aromatic carbocycles. The summed E-state index contributed by atoms with van der Waals surface area (Å²) in [5, 5.41) is 10.4. The lowest BCUT2D eigenvalue weighted by molar-refractivity contribution is -0.182. The Labute approximate surface area is 296 Å². The van der Waals surface area contributed by atoms with Gasteiger partial charge in [-0.05, 0) is 68.5 Å². The fourth-order valence-corrected chi connectivity index (χ4v) is 9.25. The standard InChI is InChI=1S/C41H42O10/c1-16-24-9-26-17(2)28-11-30-19(4)31-12-29-18(3)27-10-25(16)33-21(6)35(27)47-15-49-37(29)23(8)39(31)51-41(40(42)43)50-38(30)22(7)36(28)48-14-46-34(26)20(5)32(24)44-13-45-33/h9-12,16-19,30,38,41H,13-15H2,1-8H3,(H,42,43)/t16-,17+,18-,19+,30?,38?,41-/m1/s1. The number of carbonyl (C=O) groups is 1. The zero-order valence-electron chi connectivity index (χ0n) is 30.1. The summed E-state index contributed by atoms with van der Waals surface area (Å²) in [5.74, 6) is 2.64. The third-order valence-corrected chi connectivity index (χ3v) is 12.1. The molecule has 0 aromatic heterocycles. The van der Waals surface area contributed by atoms with Gasteiger partial charge in [-0.3, -0.25) is 0 Å². The van der Waals surface area contributed by atoms with Crippen LogP contribution in [0.2, 0.25) is 0 Å². The molecule has 0 fully saturated rings. The van der Waals surface area contributed by atoms with Crippen molar-refractivity contribution in [1.82, 2.24) is 0 Å². The van der Waals surface area contributed by atoms with Gasteiger partial charge in [-0.2, -0.15) is 0 Å². The number of ether oxygens (including phenoxy) is 8. The second-order valence-corrected chi connectivity index (χ2v) is 14.7. The molecular weight excluding hydrogens is 652 g/mol. The smallest absolute Gasteiger partial charge is 0.373 e. The third kappa shape index (κ3) is 4.47. The highest BCUT2D eigenvalue weighted by molar-refractivity contribution is 5.72. The van der Waals surface area contributed by atoms with Gasteiger partial charge in [0.1, 0.15) is 40.3 Å². The van der Waals surface area contributed by atoms with E-state index < -0.39 is 18.4 Å². The van der Waals surface area contributed by atoms with Crippen molar-refractivity contribution in [2.24, 2.45) is 5.92 Å². The normalized spacial score (nSPS) is 28.0. The highest BCUT2D eigenvalue weighted by Crippen LogP contribution is 2.55. The Bertz CT molecular complexity index is 2110. The molecule has 0 radical (unpaired) electrons. The van der Waals surface area contributed by atoms with Crippen molar-refractivity contribution in [2.75, 3.05) is 20.4 Å². The van der Waals surface area contributed by atoms with Crippen LogP contribution >= 0.6 is 0 Å².